The summed E-state index contributed by atoms with van der Waals surface area (Å²) in [5, 5.41) is 0. The van der Waals surface area contributed by atoms with Gasteiger partial charge in [0.25, 0.3) is 0 Å². The minimum absolute atomic E-state index is 1.05. The van der Waals surface area contributed by atoms with Crippen LogP contribution in [0, 0.1) is 0 Å². The lowest BCUT2D eigenvalue weighted by Crippen LogP contribution is -2.33. The fourth-order valence-electron chi connectivity index (χ4n) is 1.99. The molecule has 3 nitrogen and oxygen atoms in total. The molecule has 0 aliphatic rings. The van der Waals surface area contributed by atoms with Crippen LogP contribution in [0.25, 0.3) is 6.08 Å². The van der Waals surface area contributed by atoms with Gasteiger partial charge in [0.1, 0.15) is 12.4 Å². The molecule has 0 fully saturated rings. The minimum atomic E-state index is 1.05. The van der Waals surface area contributed by atoms with Crippen molar-refractivity contribution in [3.05, 3.63) is 54.9 Å². The molecule has 0 aliphatic carbocycles. The first-order chi connectivity index (χ1) is 8.78. The third-order valence-corrected chi connectivity index (χ3v) is 2.93. The molecule has 3 heteroatoms. The summed E-state index contributed by atoms with van der Waals surface area (Å²) < 4.78 is 6.52. The summed E-state index contributed by atoms with van der Waals surface area (Å²) in [6, 6.07) is 4.30. The van der Waals surface area contributed by atoms with Crippen LogP contribution in [0.3, 0.4) is 0 Å². The van der Waals surface area contributed by atoms with Crippen molar-refractivity contribution in [1.29, 1.82) is 0 Å². The molecule has 0 bridgehead atoms. The van der Waals surface area contributed by atoms with Crippen molar-refractivity contribution in [2.24, 2.45) is 7.05 Å². The molecular weight excluding hydrogens is 222 g/mol. The highest BCUT2D eigenvalue weighted by Gasteiger charge is 2.03. The lowest BCUT2D eigenvalue weighted by atomic mass is 10.2. The van der Waals surface area contributed by atoms with E-state index in [0.29, 0.717) is 0 Å². The number of imidazole rings is 1. The van der Waals surface area contributed by atoms with Gasteiger partial charge in [-0.2, -0.15) is 0 Å². The Hall–Kier alpha value is -1.90. The monoisotopic (exact) mass is 243 g/mol. The van der Waals surface area contributed by atoms with Gasteiger partial charge in [0.05, 0.1) is 13.6 Å². The molecule has 0 atom stereocenters. The number of nitrogens with zero attached hydrogens (tertiary/aromatic N) is 3. The van der Waals surface area contributed by atoms with E-state index in [4.69, 9.17) is 0 Å². The topological polar surface area (TPSA) is 12.7 Å². The highest BCUT2D eigenvalue weighted by atomic mass is 15.1. The Kier molecular flexibility index (Phi) is 4.29. The van der Waals surface area contributed by atoms with Crippen LogP contribution < -0.4 is 9.13 Å². The van der Waals surface area contributed by atoms with Crippen LogP contribution in [-0.4, -0.2) is 4.57 Å². The molecule has 0 saturated carbocycles. The summed E-state index contributed by atoms with van der Waals surface area (Å²) in [6.45, 7) is 4.15. The Labute approximate surface area is 109 Å². The third kappa shape index (κ3) is 3.55. The van der Waals surface area contributed by atoms with E-state index in [-0.39, 0.29) is 0 Å². The number of pyridine rings is 1. The van der Waals surface area contributed by atoms with E-state index in [0.717, 1.165) is 19.5 Å². The molecule has 0 amide bonds. The Bertz CT molecular complexity index is 509. The molecule has 94 valence electrons. The van der Waals surface area contributed by atoms with Gasteiger partial charge in [-0.15, -0.1) is 0 Å². The van der Waals surface area contributed by atoms with Gasteiger partial charge in [-0.3, -0.25) is 0 Å². The zero-order valence-electron chi connectivity index (χ0n) is 11.2. The third-order valence-electron chi connectivity index (χ3n) is 2.93. The summed E-state index contributed by atoms with van der Waals surface area (Å²) in [5.41, 5.74) is 1.26. The number of aryl methyl sites for hydroxylation is 3. The minimum Gasteiger partial charge on any atom is -0.240 e. The smallest absolute Gasteiger partial charge is 0.240 e. The molecule has 0 saturated heterocycles. The summed E-state index contributed by atoms with van der Waals surface area (Å²) in [7, 11) is 2.05. The number of aromatic nitrogens is 3. The van der Waals surface area contributed by atoms with Crippen molar-refractivity contribution < 1.29 is 9.13 Å². The molecule has 2 heterocycles. The van der Waals surface area contributed by atoms with Crippen LogP contribution >= 0.6 is 0 Å². The maximum Gasteiger partial charge on any atom is 0.243 e. The predicted molar refractivity (Wildman–Crippen MR) is 71.6 cm³/mol. The van der Waals surface area contributed by atoms with Gasteiger partial charge in [0.2, 0.25) is 6.33 Å². The van der Waals surface area contributed by atoms with Crippen LogP contribution in [0.1, 0.15) is 18.9 Å². The van der Waals surface area contributed by atoms with Crippen molar-refractivity contribution >= 4 is 6.08 Å². The Morgan fingerprint density at radius 3 is 2.61 bits per heavy atom. The van der Waals surface area contributed by atoms with Gasteiger partial charge in [0, 0.05) is 18.6 Å². The van der Waals surface area contributed by atoms with Gasteiger partial charge < -0.3 is 0 Å². The quantitative estimate of drug-likeness (QED) is 0.709. The molecule has 18 heavy (non-hydrogen) atoms. The predicted octanol–water partition coefficient (Wildman–Crippen LogP) is 1.72. The number of hydrogen-bond acceptors (Lipinski definition) is 0. The largest absolute Gasteiger partial charge is 0.243 e. The molecule has 0 radical (unpaired) electrons. The van der Waals surface area contributed by atoms with E-state index in [2.05, 4.69) is 69.1 Å². The molecule has 0 spiro atoms. The van der Waals surface area contributed by atoms with Crippen molar-refractivity contribution in [3.63, 3.8) is 0 Å². The fraction of sp³-hybridized carbons (Fsp3) is 0.333. The van der Waals surface area contributed by atoms with Crippen molar-refractivity contribution in [1.82, 2.24) is 4.57 Å². The normalized spacial score (nSPS) is 11.2. The standard InChI is InChI=1S/C15H21N3/c1-3-5-15-6-10-17(11-7-15)8-4-9-18-13-12-16(2)14-18/h3,5-7,10-14H,4,8-9H2,1-2H3/q+2/b5-3+. The molecule has 0 N–H and O–H groups in total. The number of hydrogen-bond donors (Lipinski definition) is 0. The van der Waals surface area contributed by atoms with E-state index in [1.54, 1.807) is 0 Å². The summed E-state index contributed by atoms with van der Waals surface area (Å²) >= 11 is 0. The summed E-state index contributed by atoms with van der Waals surface area (Å²) in [6.07, 6.45) is 15.9. The zero-order chi connectivity index (χ0) is 12.8. The SMILES string of the molecule is C/C=C/c1cc[n+](CCCn2cc[n+](C)c2)cc1. The zero-order valence-corrected chi connectivity index (χ0v) is 11.2. The van der Waals surface area contributed by atoms with E-state index < -0.39 is 0 Å². The molecule has 2 aromatic heterocycles. The average Bonchev–Trinajstić information content (AvgIpc) is 2.78. The number of rotatable bonds is 5. The van der Waals surface area contributed by atoms with E-state index in [9.17, 15) is 0 Å². The molecular formula is C15H21N3+2. The van der Waals surface area contributed by atoms with Gasteiger partial charge in [0.15, 0.2) is 18.9 Å². The van der Waals surface area contributed by atoms with E-state index >= 15 is 0 Å². The first-order valence-corrected chi connectivity index (χ1v) is 6.41. The van der Waals surface area contributed by atoms with Gasteiger partial charge in [-0.25, -0.2) is 13.7 Å². The van der Waals surface area contributed by atoms with Crippen LogP contribution in [0.4, 0.5) is 0 Å². The summed E-state index contributed by atoms with van der Waals surface area (Å²) in [4.78, 5) is 0. The Morgan fingerprint density at radius 2 is 2.00 bits per heavy atom. The van der Waals surface area contributed by atoms with Gasteiger partial charge in [-0.1, -0.05) is 12.2 Å². The van der Waals surface area contributed by atoms with Crippen LogP contribution in [0.15, 0.2) is 49.3 Å². The van der Waals surface area contributed by atoms with Crippen molar-refractivity contribution in [3.8, 4) is 0 Å². The lowest BCUT2D eigenvalue weighted by Gasteiger charge is -1.97. The summed E-state index contributed by atoms with van der Waals surface area (Å²) in [5.74, 6) is 0. The highest BCUT2D eigenvalue weighted by molar-refractivity contribution is 5.46. The first kappa shape index (κ1) is 12.6. The molecule has 2 rings (SSSR count). The second kappa shape index (κ2) is 6.15. The molecule has 0 unspecified atom stereocenters. The van der Waals surface area contributed by atoms with Crippen molar-refractivity contribution in [2.45, 2.75) is 26.4 Å². The van der Waals surface area contributed by atoms with E-state index in [1.807, 2.05) is 14.0 Å². The lowest BCUT2D eigenvalue weighted by molar-refractivity contribution is -0.697. The molecule has 2 aromatic rings. The van der Waals surface area contributed by atoms with Crippen LogP contribution in [0.2, 0.25) is 0 Å². The van der Waals surface area contributed by atoms with Crippen LogP contribution in [0.5, 0.6) is 0 Å². The fourth-order valence-corrected chi connectivity index (χ4v) is 1.99. The van der Waals surface area contributed by atoms with Gasteiger partial charge >= 0.3 is 0 Å². The molecule has 0 aliphatic heterocycles. The van der Waals surface area contributed by atoms with Gasteiger partial charge in [-0.05, 0) is 12.5 Å². The maximum absolute atomic E-state index is 2.23. The highest BCUT2D eigenvalue weighted by Crippen LogP contribution is 1.98. The Morgan fingerprint density at radius 1 is 1.22 bits per heavy atom. The Balaban J connectivity index is 1.83. The second-order valence-corrected chi connectivity index (χ2v) is 4.54. The van der Waals surface area contributed by atoms with Crippen LogP contribution in [-0.2, 0) is 20.1 Å². The first-order valence-electron chi connectivity index (χ1n) is 6.41. The van der Waals surface area contributed by atoms with Crippen molar-refractivity contribution in [2.75, 3.05) is 0 Å². The second-order valence-electron chi connectivity index (χ2n) is 4.54. The maximum atomic E-state index is 2.23. The average molecular weight is 243 g/mol. The molecule has 0 aromatic carbocycles. The number of allylic oxidation sites excluding steroid dienone is 1. The van der Waals surface area contributed by atoms with E-state index in [1.165, 1.54) is 5.56 Å².